The zero-order chi connectivity index (χ0) is 28.8. The Morgan fingerprint density at radius 3 is 1.95 bits per heavy atom. The third-order valence-corrected chi connectivity index (χ3v) is 8.82. The maximum atomic E-state index is 13.9. The van der Waals surface area contributed by atoms with Crippen LogP contribution < -0.4 is 9.47 Å². The highest BCUT2D eigenvalue weighted by molar-refractivity contribution is 9.10. The lowest BCUT2D eigenvalue weighted by atomic mass is 9.63. The number of allylic oxidation sites excluding steroid dienone is 4. The van der Waals surface area contributed by atoms with E-state index in [1.165, 1.54) is 0 Å². The Morgan fingerprint density at radius 1 is 0.850 bits per heavy atom. The van der Waals surface area contributed by atoms with Crippen LogP contribution in [0.15, 0.2) is 69.5 Å². The zero-order valence-electron chi connectivity index (χ0n) is 24.5. The van der Waals surface area contributed by atoms with Gasteiger partial charge >= 0.3 is 0 Å². The van der Waals surface area contributed by atoms with E-state index in [1.54, 1.807) is 0 Å². The predicted molar refractivity (Wildman–Crippen MR) is 161 cm³/mol. The second kappa shape index (κ2) is 10.8. The standard InChI is InChI=1S/C34H40BrNO4/c1-7-36-24-16-33(3,4)18-26(37)30(24)29(31-25(36)17-34(5,6)19-27(31)38)22-14-23(35)32(28(15-22)39-8-2)40-20-21-12-10-9-11-13-21/h9-15,29H,7-8,16-20H2,1-6H3. The first kappa shape index (κ1) is 28.7. The molecule has 0 radical (unpaired) electrons. The molecule has 0 N–H and O–H groups in total. The lowest BCUT2D eigenvalue weighted by molar-refractivity contribution is -0.119. The molecule has 2 aliphatic carbocycles. The van der Waals surface area contributed by atoms with Crippen molar-refractivity contribution in [3.63, 3.8) is 0 Å². The van der Waals surface area contributed by atoms with Gasteiger partial charge in [0.15, 0.2) is 23.1 Å². The van der Waals surface area contributed by atoms with Crippen LogP contribution in [0.1, 0.15) is 84.3 Å². The van der Waals surface area contributed by atoms with Gasteiger partial charge in [0.05, 0.1) is 11.1 Å². The van der Waals surface area contributed by atoms with E-state index in [4.69, 9.17) is 9.47 Å². The van der Waals surface area contributed by atoms with Crippen LogP contribution >= 0.6 is 15.9 Å². The summed E-state index contributed by atoms with van der Waals surface area (Å²) in [6.07, 6.45) is 2.56. The molecule has 0 fully saturated rings. The van der Waals surface area contributed by atoms with Crippen LogP contribution in [0.5, 0.6) is 11.5 Å². The van der Waals surface area contributed by atoms with E-state index in [0.717, 1.165) is 57.5 Å². The number of rotatable bonds is 7. The second-order valence-corrected chi connectivity index (χ2v) is 13.7. The van der Waals surface area contributed by atoms with Gasteiger partial charge in [0.25, 0.3) is 0 Å². The van der Waals surface area contributed by atoms with Crippen LogP contribution in [-0.4, -0.2) is 29.6 Å². The molecule has 5 rings (SSSR count). The van der Waals surface area contributed by atoms with Crippen molar-refractivity contribution in [2.45, 2.75) is 79.8 Å². The van der Waals surface area contributed by atoms with Crippen molar-refractivity contribution < 1.29 is 19.1 Å². The molecule has 2 aromatic carbocycles. The Kier molecular flexibility index (Phi) is 7.77. The van der Waals surface area contributed by atoms with Gasteiger partial charge in [0.1, 0.15) is 6.61 Å². The van der Waals surface area contributed by atoms with Crippen molar-refractivity contribution in [2.75, 3.05) is 13.2 Å². The van der Waals surface area contributed by atoms with Crippen LogP contribution in [0.2, 0.25) is 0 Å². The molecule has 212 valence electrons. The lowest BCUT2D eigenvalue weighted by Crippen LogP contribution is -2.44. The number of benzene rings is 2. The topological polar surface area (TPSA) is 55.8 Å². The number of halogens is 1. The summed E-state index contributed by atoms with van der Waals surface area (Å²) in [5, 5.41) is 0. The summed E-state index contributed by atoms with van der Waals surface area (Å²) in [6, 6.07) is 14.0. The van der Waals surface area contributed by atoms with E-state index in [1.807, 2.05) is 49.4 Å². The molecule has 1 heterocycles. The van der Waals surface area contributed by atoms with Gasteiger partial charge in [-0.3, -0.25) is 9.59 Å². The number of ether oxygens (including phenoxy) is 2. The fraction of sp³-hybridized carbons (Fsp3) is 0.471. The summed E-state index contributed by atoms with van der Waals surface area (Å²) in [5.41, 5.74) is 5.40. The molecule has 3 aliphatic rings. The number of Topliss-reactive ketones (excluding diaryl/α,β-unsaturated/α-hetero) is 2. The summed E-state index contributed by atoms with van der Waals surface area (Å²) in [7, 11) is 0. The minimum atomic E-state index is -0.418. The van der Waals surface area contributed by atoms with Crippen molar-refractivity contribution >= 4 is 27.5 Å². The first-order chi connectivity index (χ1) is 18.9. The number of hydrogen-bond donors (Lipinski definition) is 0. The van der Waals surface area contributed by atoms with Crippen molar-refractivity contribution in [1.82, 2.24) is 4.90 Å². The summed E-state index contributed by atoms with van der Waals surface area (Å²) in [4.78, 5) is 30.2. The minimum Gasteiger partial charge on any atom is -0.490 e. The van der Waals surface area contributed by atoms with E-state index < -0.39 is 5.92 Å². The Hall–Kier alpha value is -2.86. The highest BCUT2D eigenvalue weighted by Crippen LogP contribution is 2.55. The van der Waals surface area contributed by atoms with E-state index in [-0.39, 0.29) is 22.4 Å². The van der Waals surface area contributed by atoms with Crippen molar-refractivity contribution in [2.24, 2.45) is 10.8 Å². The van der Waals surface area contributed by atoms with Gasteiger partial charge in [-0.15, -0.1) is 0 Å². The molecule has 1 aliphatic heterocycles. The molecular weight excluding hydrogens is 566 g/mol. The van der Waals surface area contributed by atoms with E-state index in [0.29, 0.717) is 37.6 Å². The van der Waals surface area contributed by atoms with Crippen LogP contribution in [-0.2, 0) is 16.2 Å². The average molecular weight is 607 g/mol. The molecule has 0 atom stereocenters. The number of hydrogen-bond acceptors (Lipinski definition) is 5. The highest BCUT2D eigenvalue weighted by atomic mass is 79.9. The molecule has 0 unspecified atom stereocenters. The smallest absolute Gasteiger partial charge is 0.175 e. The summed E-state index contributed by atoms with van der Waals surface area (Å²) >= 11 is 3.76. The lowest BCUT2D eigenvalue weighted by Gasteiger charge is -2.49. The molecular formula is C34H40BrNO4. The largest absolute Gasteiger partial charge is 0.490 e. The Morgan fingerprint density at radius 2 is 1.43 bits per heavy atom. The highest BCUT2D eigenvalue weighted by Gasteiger charge is 2.48. The van der Waals surface area contributed by atoms with E-state index in [2.05, 4.69) is 55.4 Å². The quantitative estimate of drug-likeness (QED) is 0.319. The Labute approximate surface area is 246 Å². The number of nitrogens with zero attached hydrogens (tertiary/aromatic N) is 1. The number of ketones is 2. The van der Waals surface area contributed by atoms with Gasteiger partial charge < -0.3 is 14.4 Å². The molecule has 40 heavy (non-hydrogen) atoms. The van der Waals surface area contributed by atoms with E-state index >= 15 is 0 Å². The van der Waals surface area contributed by atoms with Crippen LogP contribution in [0.25, 0.3) is 0 Å². The van der Waals surface area contributed by atoms with Crippen molar-refractivity contribution in [1.29, 1.82) is 0 Å². The Balaban J connectivity index is 1.67. The molecule has 2 aromatic rings. The average Bonchev–Trinajstić information content (AvgIpc) is 2.86. The number of carbonyl (C=O) groups is 2. The third kappa shape index (κ3) is 5.39. The second-order valence-electron chi connectivity index (χ2n) is 12.8. The van der Waals surface area contributed by atoms with Gasteiger partial charge in [0, 0.05) is 47.8 Å². The molecule has 0 saturated carbocycles. The molecule has 0 saturated heterocycles. The predicted octanol–water partition coefficient (Wildman–Crippen LogP) is 8.13. The Bertz CT molecular complexity index is 1350. The van der Waals surface area contributed by atoms with E-state index in [9.17, 15) is 9.59 Å². The maximum absolute atomic E-state index is 13.9. The molecule has 0 aromatic heterocycles. The minimum absolute atomic E-state index is 0.133. The summed E-state index contributed by atoms with van der Waals surface area (Å²) in [6.45, 7) is 14.3. The summed E-state index contributed by atoms with van der Waals surface area (Å²) < 4.78 is 13.1. The number of carbonyl (C=O) groups excluding carboxylic acids is 2. The van der Waals surface area contributed by atoms with Crippen LogP contribution in [0, 0.1) is 10.8 Å². The van der Waals surface area contributed by atoms with Gasteiger partial charge in [-0.2, -0.15) is 0 Å². The first-order valence-electron chi connectivity index (χ1n) is 14.4. The molecule has 6 heteroatoms. The van der Waals surface area contributed by atoms with Crippen molar-refractivity contribution in [3.8, 4) is 11.5 Å². The van der Waals surface area contributed by atoms with Gasteiger partial charge in [-0.05, 0) is 76.7 Å². The first-order valence-corrected chi connectivity index (χ1v) is 15.2. The third-order valence-electron chi connectivity index (χ3n) is 8.23. The zero-order valence-corrected chi connectivity index (χ0v) is 26.1. The fourth-order valence-electron chi connectivity index (χ4n) is 6.65. The summed E-state index contributed by atoms with van der Waals surface area (Å²) in [5.74, 6) is 1.08. The van der Waals surface area contributed by atoms with Crippen LogP contribution in [0.3, 0.4) is 0 Å². The van der Waals surface area contributed by atoms with Gasteiger partial charge in [-0.1, -0.05) is 58.0 Å². The van der Waals surface area contributed by atoms with Crippen LogP contribution in [0.4, 0.5) is 0 Å². The maximum Gasteiger partial charge on any atom is 0.175 e. The molecule has 5 nitrogen and oxygen atoms in total. The monoisotopic (exact) mass is 605 g/mol. The van der Waals surface area contributed by atoms with Gasteiger partial charge in [-0.25, -0.2) is 0 Å². The van der Waals surface area contributed by atoms with Crippen molar-refractivity contribution in [3.05, 3.63) is 80.6 Å². The fourth-order valence-corrected chi connectivity index (χ4v) is 7.22. The normalized spacial score (nSPS) is 20.4. The van der Waals surface area contributed by atoms with Gasteiger partial charge in [0.2, 0.25) is 0 Å². The molecule has 0 amide bonds. The molecule has 0 bridgehead atoms. The molecule has 0 spiro atoms. The SMILES string of the molecule is CCOc1cc(C2C3=C(CC(C)(C)CC3=O)N(CC)C3=C2C(=O)CC(C)(C)C3)cc(Br)c1OCc1ccccc1.